The van der Waals surface area contributed by atoms with E-state index in [0.717, 1.165) is 5.56 Å². The highest BCUT2D eigenvalue weighted by molar-refractivity contribution is 5.94. The third kappa shape index (κ3) is 7.15. The third-order valence-electron chi connectivity index (χ3n) is 8.18. The SMILES string of the molecule is CC(C)c1cc(C#N)cc2nc(-c3ccc(C(=O)NCC4CCC(CCOC(C)(C(F)(F)F)C(F)(F)F)CC4)cc3)oc12. The summed E-state index contributed by atoms with van der Waals surface area (Å²) < 4.78 is 88.3. The van der Waals surface area contributed by atoms with Crippen LogP contribution in [0.2, 0.25) is 0 Å². The van der Waals surface area contributed by atoms with E-state index in [-0.39, 0.29) is 37.0 Å². The number of nitrogens with one attached hydrogen (secondary N) is 1. The number of carbonyl (C=O) groups excluding carboxylic acids is 1. The highest BCUT2D eigenvalue weighted by atomic mass is 19.4. The van der Waals surface area contributed by atoms with E-state index in [1.165, 1.54) is 0 Å². The zero-order valence-electron chi connectivity index (χ0n) is 24.0. The van der Waals surface area contributed by atoms with Gasteiger partial charge in [0.2, 0.25) is 5.89 Å². The number of amides is 1. The summed E-state index contributed by atoms with van der Waals surface area (Å²) in [6.45, 7) is 3.80. The second kappa shape index (κ2) is 12.6. The van der Waals surface area contributed by atoms with E-state index in [0.29, 0.717) is 65.9 Å². The van der Waals surface area contributed by atoms with Crippen molar-refractivity contribution in [2.24, 2.45) is 11.8 Å². The summed E-state index contributed by atoms with van der Waals surface area (Å²) in [7, 11) is 0. The van der Waals surface area contributed by atoms with E-state index < -0.39 is 24.6 Å². The second-order valence-corrected chi connectivity index (χ2v) is 11.5. The van der Waals surface area contributed by atoms with E-state index in [1.807, 2.05) is 13.8 Å². The first kappa shape index (κ1) is 32.3. The van der Waals surface area contributed by atoms with Crippen LogP contribution in [0.4, 0.5) is 26.3 Å². The average Bonchev–Trinajstić information content (AvgIpc) is 3.39. The number of alkyl halides is 6. The van der Waals surface area contributed by atoms with Crippen LogP contribution in [0, 0.1) is 23.2 Å². The number of benzene rings is 2. The number of nitrogens with zero attached hydrogens (tertiary/aromatic N) is 2. The molecule has 3 aromatic rings. The Morgan fingerprint density at radius 2 is 1.65 bits per heavy atom. The van der Waals surface area contributed by atoms with Gasteiger partial charge in [-0.1, -0.05) is 26.7 Å². The number of fused-ring (bicyclic) bond motifs is 1. The van der Waals surface area contributed by atoms with Crippen LogP contribution in [0.3, 0.4) is 0 Å². The lowest BCUT2D eigenvalue weighted by Gasteiger charge is -2.35. The molecule has 0 saturated heterocycles. The van der Waals surface area contributed by atoms with Crippen LogP contribution in [0.5, 0.6) is 0 Å². The molecule has 12 heteroatoms. The molecule has 0 bridgehead atoms. The van der Waals surface area contributed by atoms with Gasteiger partial charge in [0, 0.05) is 29.8 Å². The van der Waals surface area contributed by atoms with Crippen LogP contribution in [0.15, 0.2) is 40.8 Å². The van der Waals surface area contributed by atoms with Gasteiger partial charge in [-0.15, -0.1) is 0 Å². The standard InChI is InChI=1S/C31H33F6N3O3/c1-18(2)24-14-21(16-38)15-25-26(24)43-28(40-25)23-10-8-22(9-11-23)27(41)39-17-20-6-4-19(5-7-20)12-13-42-29(3,30(32,33)34)31(35,36)37/h8-11,14-15,18-20H,4-7,12-13,17H2,1-3H3,(H,39,41). The molecule has 1 aliphatic rings. The molecule has 0 aliphatic heterocycles. The number of nitriles is 1. The Morgan fingerprint density at radius 1 is 1.05 bits per heavy atom. The van der Waals surface area contributed by atoms with Gasteiger partial charge < -0.3 is 14.5 Å². The number of rotatable bonds is 9. The zero-order valence-corrected chi connectivity index (χ0v) is 24.0. The van der Waals surface area contributed by atoms with E-state index in [1.54, 1.807) is 36.4 Å². The van der Waals surface area contributed by atoms with Crippen molar-refractivity contribution in [3.8, 4) is 17.5 Å². The van der Waals surface area contributed by atoms with Crippen molar-refractivity contribution in [3.05, 3.63) is 53.1 Å². The molecule has 2 aromatic carbocycles. The van der Waals surface area contributed by atoms with Crippen molar-refractivity contribution in [3.63, 3.8) is 0 Å². The molecule has 0 radical (unpaired) electrons. The average molecular weight is 610 g/mol. The maximum absolute atomic E-state index is 13.0. The summed E-state index contributed by atoms with van der Waals surface area (Å²) in [5.74, 6) is 0.357. The molecule has 0 atom stereocenters. The van der Waals surface area contributed by atoms with E-state index in [9.17, 15) is 36.4 Å². The van der Waals surface area contributed by atoms with E-state index in [2.05, 4.69) is 21.1 Å². The van der Waals surface area contributed by atoms with Crippen LogP contribution >= 0.6 is 0 Å². The molecule has 1 saturated carbocycles. The van der Waals surface area contributed by atoms with Crippen molar-refractivity contribution >= 4 is 17.0 Å². The molecule has 1 N–H and O–H groups in total. The maximum Gasteiger partial charge on any atom is 0.426 e. The predicted octanol–water partition coefficient (Wildman–Crippen LogP) is 8.32. The van der Waals surface area contributed by atoms with Crippen molar-refractivity contribution in [1.82, 2.24) is 10.3 Å². The Kier molecular flexibility index (Phi) is 9.45. The molecule has 0 unspecified atom stereocenters. The number of ether oxygens (including phenoxy) is 1. The first-order valence-electron chi connectivity index (χ1n) is 14.1. The number of halogens is 6. The zero-order chi connectivity index (χ0) is 31.6. The third-order valence-corrected chi connectivity index (χ3v) is 8.18. The Balaban J connectivity index is 1.26. The Hall–Kier alpha value is -3.59. The van der Waals surface area contributed by atoms with Gasteiger partial charge in [0.05, 0.1) is 11.6 Å². The Labute approximate surface area is 245 Å². The number of hydrogen-bond acceptors (Lipinski definition) is 5. The predicted molar refractivity (Wildman–Crippen MR) is 147 cm³/mol. The van der Waals surface area contributed by atoms with Gasteiger partial charge in [-0.05, 0) is 80.3 Å². The summed E-state index contributed by atoms with van der Waals surface area (Å²) in [5.41, 5.74) is -0.484. The minimum atomic E-state index is -5.56. The first-order chi connectivity index (χ1) is 20.1. The molecule has 1 amide bonds. The topological polar surface area (TPSA) is 88.2 Å². The molecule has 232 valence electrons. The first-order valence-corrected chi connectivity index (χ1v) is 14.1. The van der Waals surface area contributed by atoms with Crippen molar-refractivity contribution < 1.29 is 40.3 Å². The number of carbonyl (C=O) groups is 1. The molecule has 1 aliphatic carbocycles. The lowest BCUT2D eigenvalue weighted by Crippen LogP contribution is -2.56. The minimum absolute atomic E-state index is 0.0182. The monoisotopic (exact) mass is 609 g/mol. The molecule has 43 heavy (non-hydrogen) atoms. The smallest absolute Gasteiger partial charge is 0.426 e. The van der Waals surface area contributed by atoms with Crippen molar-refractivity contribution in [1.29, 1.82) is 5.26 Å². The minimum Gasteiger partial charge on any atom is -0.436 e. The summed E-state index contributed by atoms with van der Waals surface area (Å²) in [6, 6.07) is 12.4. The fourth-order valence-electron chi connectivity index (χ4n) is 5.26. The van der Waals surface area contributed by atoms with Gasteiger partial charge in [0.15, 0.2) is 5.58 Å². The maximum atomic E-state index is 13.0. The fourth-order valence-corrected chi connectivity index (χ4v) is 5.26. The van der Waals surface area contributed by atoms with E-state index >= 15 is 0 Å². The number of hydrogen-bond donors (Lipinski definition) is 1. The molecule has 1 aromatic heterocycles. The molecule has 0 spiro atoms. The van der Waals surface area contributed by atoms with Crippen LogP contribution in [-0.4, -0.2) is 42.0 Å². The lowest BCUT2D eigenvalue weighted by molar-refractivity contribution is -0.374. The Morgan fingerprint density at radius 3 is 2.21 bits per heavy atom. The van der Waals surface area contributed by atoms with Gasteiger partial charge in [-0.3, -0.25) is 4.79 Å². The normalized spacial score (nSPS) is 18.2. The van der Waals surface area contributed by atoms with E-state index in [4.69, 9.17) is 4.42 Å². The second-order valence-electron chi connectivity index (χ2n) is 11.5. The molecule has 1 heterocycles. The van der Waals surface area contributed by atoms with Gasteiger partial charge in [0.25, 0.3) is 11.5 Å². The number of oxazole rings is 1. The number of aromatic nitrogens is 1. The summed E-state index contributed by atoms with van der Waals surface area (Å²) in [6.07, 6.45) is -8.37. The van der Waals surface area contributed by atoms with Crippen molar-refractivity contribution in [2.75, 3.05) is 13.2 Å². The van der Waals surface area contributed by atoms with Crippen LogP contribution < -0.4 is 5.32 Å². The molecular weight excluding hydrogens is 576 g/mol. The molecular formula is C31H33F6N3O3. The molecule has 1 fully saturated rings. The Bertz CT molecular complexity index is 1450. The van der Waals surface area contributed by atoms with Gasteiger partial charge >= 0.3 is 12.4 Å². The van der Waals surface area contributed by atoms with Gasteiger partial charge in [-0.2, -0.15) is 31.6 Å². The van der Waals surface area contributed by atoms with Crippen LogP contribution in [0.1, 0.15) is 80.3 Å². The quantitative estimate of drug-likeness (QED) is 0.247. The van der Waals surface area contributed by atoms with Crippen molar-refractivity contribution in [2.45, 2.75) is 76.7 Å². The highest BCUT2D eigenvalue weighted by Crippen LogP contribution is 2.46. The summed E-state index contributed by atoms with van der Waals surface area (Å²) in [5, 5.41) is 12.2. The summed E-state index contributed by atoms with van der Waals surface area (Å²) >= 11 is 0. The van der Waals surface area contributed by atoms with Crippen LogP contribution in [0.25, 0.3) is 22.6 Å². The molecule has 4 rings (SSSR count). The summed E-state index contributed by atoms with van der Waals surface area (Å²) in [4.78, 5) is 17.3. The van der Waals surface area contributed by atoms with Gasteiger partial charge in [-0.25, -0.2) is 4.98 Å². The van der Waals surface area contributed by atoms with Crippen LogP contribution in [-0.2, 0) is 4.74 Å². The van der Waals surface area contributed by atoms with Gasteiger partial charge in [0.1, 0.15) is 5.52 Å². The largest absolute Gasteiger partial charge is 0.436 e. The lowest BCUT2D eigenvalue weighted by atomic mass is 9.80. The molecule has 6 nitrogen and oxygen atoms in total. The highest BCUT2D eigenvalue weighted by Gasteiger charge is 2.69. The fraction of sp³-hybridized carbons (Fsp3) is 0.516.